The minimum Gasteiger partial charge on any atom is -0.505 e. The van der Waals surface area contributed by atoms with Gasteiger partial charge in [0.15, 0.2) is 23.7 Å². The quantitative estimate of drug-likeness (QED) is 0.239. The zero-order valence-electron chi connectivity index (χ0n) is 23.1. The first kappa shape index (κ1) is 36.2. The Kier molecular flexibility index (Phi) is 19.7. The zero-order chi connectivity index (χ0) is 29.1. The molecule has 0 fully saturated rings. The average molecular weight is 599 g/mol. The summed E-state index contributed by atoms with van der Waals surface area (Å²) in [7, 11) is 6.00. The Bertz CT molecular complexity index is 1050. The molecule has 9 nitrogen and oxygen atoms in total. The Morgan fingerprint density at radius 3 is 2.08 bits per heavy atom. The molecule has 3 rings (SSSR count). The van der Waals surface area contributed by atoms with E-state index in [0.717, 1.165) is 11.7 Å². The molecule has 0 saturated carbocycles. The number of rotatable bonds is 4. The van der Waals surface area contributed by atoms with Crippen LogP contribution in [-0.4, -0.2) is 53.3 Å². The Morgan fingerprint density at radius 1 is 1.11 bits per heavy atom. The molecule has 37 heavy (non-hydrogen) atoms. The summed E-state index contributed by atoms with van der Waals surface area (Å²) in [5.41, 5.74) is 0.341. The third-order valence-electron chi connectivity index (χ3n) is 3.32. The molecule has 1 aromatic carbocycles. The molecule has 2 aromatic rings. The predicted molar refractivity (Wildman–Crippen MR) is 159 cm³/mol. The predicted octanol–water partition coefficient (Wildman–Crippen LogP) is 5.58. The van der Waals surface area contributed by atoms with Crippen LogP contribution in [0.4, 0.5) is 5.69 Å². The van der Waals surface area contributed by atoms with E-state index in [-0.39, 0.29) is 28.7 Å². The Labute approximate surface area is 232 Å². The number of terminal acetylenes is 1. The van der Waals surface area contributed by atoms with Crippen LogP contribution in [0.25, 0.3) is 0 Å². The van der Waals surface area contributed by atoms with Gasteiger partial charge in [-0.3, -0.25) is 4.79 Å². The number of nitrogens with one attached hydrogen (secondary N) is 2. The molecule has 206 valence electrons. The van der Waals surface area contributed by atoms with Crippen LogP contribution in [0.3, 0.4) is 0 Å². The van der Waals surface area contributed by atoms with E-state index >= 15 is 0 Å². The van der Waals surface area contributed by atoms with Gasteiger partial charge in [0.05, 0.1) is 17.8 Å². The second kappa shape index (κ2) is 20.2. The number of hydrogen-bond donors (Lipinski definition) is 3. The van der Waals surface area contributed by atoms with Crippen LogP contribution in [0.1, 0.15) is 56.5 Å². The SMILES string of the molecule is C#C.CC.CC(C)C.CN(C)C.Cc1ccc(CNC2=NS(=O)N=C2Nc2ccc(Br)c(C=O)c2O)o1. The molecule has 1 aromatic heterocycles. The summed E-state index contributed by atoms with van der Waals surface area (Å²) in [5.74, 6) is 2.51. The van der Waals surface area contributed by atoms with Crippen molar-refractivity contribution >= 4 is 50.7 Å². The van der Waals surface area contributed by atoms with E-state index in [1.165, 1.54) is 0 Å². The summed E-state index contributed by atoms with van der Waals surface area (Å²) >= 11 is 1.42. The van der Waals surface area contributed by atoms with Crippen LogP contribution >= 0.6 is 15.9 Å². The fraction of sp³-hybridized carbons (Fsp3) is 0.423. The van der Waals surface area contributed by atoms with Crippen molar-refractivity contribution in [1.29, 1.82) is 0 Å². The monoisotopic (exact) mass is 597 g/mol. The number of phenols is 1. The second-order valence-electron chi connectivity index (χ2n) is 8.15. The number of anilines is 1. The highest BCUT2D eigenvalue weighted by Crippen LogP contribution is 2.32. The summed E-state index contributed by atoms with van der Waals surface area (Å²) < 4.78 is 25.3. The molecular formula is C26H40BrN5O4S. The number of halogens is 1. The maximum absolute atomic E-state index is 11.6. The van der Waals surface area contributed by atoms with Gasteiger partial charge in [0.1, 0.15) is 11.5 Å². The van der Waals surface area contributed by atoms with Crippen molar-refractivity contribution in [2.45, 2.75) is 48.1 Å². The lowest BCUT2D eigenvalue weighted by Gasteiger charge is -2.12. The van der Waals surface area contributed by atoms with Crippen LogP contribution in [-0.2, 0) is 17.7 Å². The van der Waals surface area contributed by atoms with Crippen molar-refractivity contribution in [3.8, 4) is 18.6 Å². The van der Waals surface area contributed by atoms with Gasteiger partial charge < -0.3 is 25.1 Å². The minimum absolute atomic E-state index is 0.0993. The highest BCUT2D eigenvalue weighted by atomic mass is 79.9. The molecule has 0 aliphatic carbocycles. The van der Waals surface area contributed by atoms with Crippen molar-refractivity contribution in [3.63, 3.8) is 0 Å². The fourth-order valence-electron chi connectivity index (χ4n) is 2.14. The van der Waals surface area contributed by atoms with E-state index in [0.29, 0.717) is 23.1 Å². The van der Waals surface area contributed by atoms with Gasteiger partial charge in [-0.05, 0) is 74.2 Å². The first-order chi connectivity index (χ1) is 17.4. The summed E-state index contributed by atoms with van der Waals surface area (Å²) in [6, 6.07) is 6.81. The van der Waals surface area contributed by atoms with Crippen LogP contribution in [0, 0.1) is 25.7 Å². The highest BCUT2D eigenvalue weighted by molar-refractivity contribution is 9.10. The lowest BCUT2D eigenvalue weighted by atomic mass is 10.2. The van der Waals surface area contributed by atoms with Crippen LogP contribution in [0.2, 0.25) is 0 Å². The molecule has 1 aliphatic rings. The van der Waals surface area contributed by atoms with E-state index in [2.05, 4.69) is 69.0 Å². The largest absolute Gasteiger partial charge is 0.505 e. The maximum atomic E-state index is 11.6. The second-order valence-corrected chi connectivity index (χ2v) is 9.83. The summed E-state index contributed by atoms with van der Waals surface area (Å²) in [6.07, 6.45) is 8.53. The smallest absolute Gasteiger partial charge is 0.269 e. The third-order valence-corrected chi connectivity index (χ3v) is 4.69. The highest BCUT2D eigenvalue weighted by Gasteiger charge is 2.21. The standard InChI is InChI=1S/C15H13BrN4O4S.C4H10.C3H9N.C2H6.C2H2/c1-8-2-3-9(24-8)6-17-14-15(20-25(23)19-14)18-12-5-4-11(16)10(7-21)13(12)22;2*1-4(2)3;2*1-2/h2-5,7,22H,6H2,1H3,(H,17,19)(H,18,20);4H,1-3H3;1-3H3;1-2H3;1-2H. The van der Waals surface area contributed by atoms with Crippen molar-refractivity contribution in [1.82, 2.24) is 10.2 Å². The number of aldehydes is 1. The van der Waals surface area contributed by atoms with Crippen molar-refractivity contribution in [2.24, 2.45) is 14.7 Å². The molecule has 0 saturated heterocycles. The molecule has 0 bridgehead atoms. The van der Waals surface area contributed by atoms with Gasteiger partial charge in [0.2, 0.25) is 0 Å². The number of carbonyl (C=O) groups is 1. The molecular weight excluding hydrogens is 558 g/mol. The summed E-state index contributed by atoms with van der Waals surface area (Å²) in [5, 5.41) is 16.0. The molecule has 11 heteroatoms. The van der Waals surface area contributed by atoms with Crippen LogP contribution in [0.5, 0.6) is 5.75 Å². The van der Waals surface area contributed by atoms with Gasteiger partial charge in [-0.1, -0.05) is 34.6 Å². The fourth-order valence-corrected chi connectivity index (χ4v) is 3.19. The summed E-state index contributed by atoms with van der Waals surface area (Å²) in [6.45, 7) is 12.7. The van der Waals surface area contributed by atoms with Crippen molar-refractivity contribution < 1.29 is 18.5 Å². The normalized spacial score (nSPS) is 13.2. The first-order valence-electron chi connectivity index (χ1n) is 11.5. The van der Waals surface area contributed by atoms with Gasteiger partial charge >= 0.3 is 0 Å². The lowest BCUT2D eigenvalue weighted by molar-refractivity contribution is 0.112. The topological polar surface area (TPSA) is 120 Å². The zero-order valence-corrected chi connectivity index (χ0v) is 25.5. The first-order valence-corrected chi connectivity index (χ1v) is 13.4. The minimum atomic E-state index is -1.77. The van der Waals surface area contributed by atoms with Gasteiger partial charge in [-0.25, -0.2) is 4.21 Å². The van der Waals surface area contributed by atoms with Gasteiger partial charge in [-0.2, -0.15) is 0 Å². The van der Waals surface area contributed by atoms with Crippen molar-refractivity contribution in [3.05, 3.63) is 45.8 Å². The number of aromatic hydroxyl groups is 1. The van der Waals surface area contributed by atoms with E-state index in [1.54, 1.807) is 12.1 Å². The molecule has 0 radical (unpaired) electrons. The molecule has 1 aliphatic heterocycles. The van der Waals surface area contributed by atoms with E-state index in [1.807, 2.05) is 58.9 Å². The average Bonchev–Trinajstić information content (AvgIpc) is 3.41. The van der Waals surface area contributed by atoms with E-state index in [4.69, 9.17) is 4.42 Å². The number of furan rings is 1. The Hall–Kier alpha value is -2.94. The van der Waals surface area contributed by atoms with Crippen molar-refractivity contribution in [2.75, 3.05) is 26.5 Å². The van der Waals surface area contributed by atoms with Gasteiger partial charge in [0, 0.05) is 4.47 Å². The summed E-state index contributed by atoms with van der Waals surface area (Å²) in [4.78, 5) is 13.1. The maximum Gasteiger partial charge on any atom is 0.269 e. The van der Waals surface area contributed by atoms with E-state index in [9.17, 15) is 14.1 Å². The molecule has 1 atom stereocenters. The number of phenolic OH excluding ortho intramolecular Hbond substituents is 1. The van der Waals surface area contributed by atoms with Crippen LogP contribution in [0.15, 0.2) is 42.0 Å². The molecule has 0 amide bonds. The Morgan fingerprint density at radius 2 is 1.62 bits per heavy atom. The number of amidine groups is 2. The lowest BCUT2D eigenvalue weighted by Crippen LogP contribution is -2.33. The third kappa shape index (κ3) is 15.0. The molecule has 1 unspecified atom stereocenters. The molecule has 3 N–H and O–H groups in total. The van der Waals surface area contributed by atoms with E-state index < -0.39 is 11.2 Å². The number of nitrogens with zero attached hydrogens (tertiary/aromatic N) is 3. The molecule has 0 spiro atoms. The van der Waals surface area contributed by atoms with Crippen LogP contribution < -0.4 is 10.6 Å². The number of benzene rings is 1. The molecule has 2 heterocycles. The number of aryl methyl sites for hydroxylation is 1. The number of hydrogen-bond acceptors (Lipinski definition) is 7. The van der Waals surface area contributed by atoms with Gasteiger partial charge in [-0.15, -0.1) is 21.6 Å². The Balaban J connectivity index is 0. The van der Waals surface area contributed by atoms with Gasteiger partial charge in [0.25, 0.3) is 11.2 Å². The number of carbonyl (C=O) groups excluding carboxylic acids is 1.